The normalized spacial score (nSPS) is 13.9. The number of benzene rings is 1. The molecular formula is C13H13Cl2N5OS. The molecule has 9 heteroatoms. The average Bonchev–Trinajstić information content (AvgIpc) is 2.94. The van der Waals surface area contributed by atoms with Crippen molar-refractivity contribution >= 4 is 52.6 Å². The summed E-state index contributed by atoms with van der Waals surface area (Å²) in [7, 11) is 0. The van der Waals surface area contributed by atoms with Crippen LogP contribution in [-0.4, -0.2) is 33.6 Å². The van der Waals surface area contributed by atoms with Gasteiger partial charge in [-0.25, -0.2) is 4.79 Å². The highest BCUT2D eigenvalue weighted by Crippen LogP contribution is 2.27. The van der Waals surface area contributed by atoms with Crippen LogP contribution in [0.1, 0.15) is 6.42 Å². The van der Waals surface area contributed by atoms with Crippen LogP contribution in [0.15, 0.2) is 23.4 Å². The summed E-state index contributed by atoms with van der Waals surface area (Å²) in [6.45, 7) is 1.41. The van der Waals surface area contributed by atoms with E-state index in [2.05, 4.69) is 15.5 Å². The van der Waals surface area contributed by atoms with Crippen LogP contribution in [0, 0.1) is 0 Å². The Balaban J connectivity index is 1.81. The first-order valence-electron chi connectivity index (χ1n) is 6.61. The van der Waals surface area contributed by atoms with Gasteiger partial charge in [0, 0.05) is 18.8 Å². The van der Waals surface area contributed by atoms with E-state index >= 15 is 0 Å². The summed E-state index contributed by atoms with van der Waals surface area (Å²) in [4.78, 5) is 14.1. The smallest absolute Gasteiger partial charge is 0.307 e. The highest BCUT2D eigenvalue weighted by atomic mass is 35.5. The zero-order valence-corrected chi connectivity index (χ0v) is 14.0. The number of anilines is 2. The third kappa shape index (κ3) is 2.88. The minimum Gasteiger partial charge on any atom is -0.307 e. The van der Waals surface area contributed by atoms with Gasteiger partial charge in [0.05, 0.1) is 10.0 Å². The summed E-state index contributed by atoms with van der Waals surface area (Å²) in [5.41, 5.74) is 0.584. The fourth-order valence-corrected chi connectivity index (χ4v) is 3.09. The number of aromatic nitrogens is 3. The first-order valence-corrected chi connectivity index (χ1v) is 8.59. The molecule has 1 N–H and O–H groups in total. The molecule has 0 fully saturated rings. The molecule has 6 nitrogen and oxygen atoms in total. The molecule has 0 bridgehead atoms. The lowest BCUT2D eigenvalue weighted by molar-refractivity contribution is 0.255. The van der Waals surface area contributed by atoms with Crippen molar-refractivity contribution in [3.8, 4) is 0 Å². The number of urea groups is 1. The van der Waals surface area contributed by atoms with Gasteiger partial charge >= 0.3 is 6.03 Å². The lowest BCUT2D eigenvalue weighted by Gasteiger charge is -2.27. The van der Waals surface area contributed by atoms with Crippen molar-refractivity contribution in [3.05, 3.63) is 28.2 Å². The molecular weight excluding hydrogens is 345 g/mol. The summed E-state index contributed by atoms with van der Waals surface area (Å²) in [5.74, 6) is 0.563. The number of thioether (sulfide) groups is 1. The largest absolute Gasteiger partial charge is 0.328 e. The van der Waals surface area contributed by atoms with Crippen LogP contribution < -0.4 is 10.2 Å². The van der Waals surface area contributed by atoms with E-state index in [0.717, 1.165) is 18.1 Å². The van der Waals surface area contributed by atoms with E-state index in [1.165, 1.54) is 11.8 Å². The summed E-state index contributed by atoms with van der Waals surface area (Å²) in [6.07, 6.45) is 2.79. The SMILES string of the molecule is CSc1nnc2n1CCCN2C(=O)Nc1ccc(Cl)c(Cl)c1. The second-order valence-electron chi connectivity index (χ2n) is 4.70. The van der Waals surface area contributed by atoms with Crippen LogP contribution in [0.25, 0.3) is 0 Å². The van der Waals surface area contributed by atoms with Gasteiger partial charge in [-0.05, 0) is 30.9 Å². The third-order valence-electron chi connectivity index (χ3n) is 3.30. The first-order chi connectivity index (χ1) is 10.6. The Kier molecular flexibility index (Phi) is 4.46. The Hall–Kier alpha value is -1.44. The number of fused-ring (bicyclic) bond motifs is 1. The molecule has 0 aliphatic carbocycles. The van der Waals surface area contributed by atoms with Crippen molar-refractivity contribution in [2.24, 2.45) is 0 Å². The Labute approximate surface area is 141 Å². The molecule has 116 valence electrons. The Morgan fingerprint density at radius 2 is 2.09 bits per heavy atom. The zero-order valence-electron chi connectivity index (χ0n) is 11.7. The minimum atomic E-state index is -0.264. The molecule has 2 heterocycles. The second kappa shape index (κ2) is 6.36. The van der Waals surface area contributed by atoms with Crippen LogP contribution in [0.2, 0.25) is 10.0 Å². The van der Waals surface area contributed by atoms with Crippen molar-refractivity contribution in [3.63, 3.8) is 0 Å². The monoisotopic (exact) mass is 357 g/mol. The van der Waals surface area contributed by atoms with Gasteiger partial charge in [-0.15, -0.1) is 10.2 Å². The van der Waals surface area contributed by atoms with Crippen LogP contribution in [-0.2, 0) is 6.54 Å². The number of carbonyl (C=O) groups excluding carboxylic acids is 1. The Morgan fingerprint density at radius 3 is 2.82 bits per heavy atom. The molecule has 1 aromatic carbocycles. The van der Waals surface area contributed by atoms with E-state index < -0.39 is 0 Å². The van der Waals surface area contributed by atoms with E-state index in [1.807, 2.05) is 10.8 Å². The van der Waals surface area contributed by atoms with Gasteiger partial charge in [0.2, 0.25) is 5.95 Å². The summed E-state index contributed by atoms with van der Waals surface area (Å²) < 4.78 is 1.95. The molecule has 0 unspecified atom stereocenters. The number of amides is 2. The molecule has 3 rings (SSSR count). The number of hydrogen-bond acceptors (Lipinski definition) is 4. The maximum absolute atomic E-state index is 12.5. The molecule has 1 aromatic heterocycles. The number of rotatable bonds is 2. The van der Waals surface area contributed by atoms with Gasteiger partial charge in [0.1, 0.15) is 0 Å². The van der Waals surface area contributed by atoms with Crippen molar-refractivity contribution in [1.29, 1.82) is 0 Å². The van der Waals surface area contributed by atoms with Crippen LogP contribution in [0.3, 0.4) is 0 Å². The number of hydrogen-bond donors (Lipinski definition) is 1. The van der Waals surface area contributed by atoms with Crippen molar-refractivity contribution in [2.75, 3.05) is 23.0 Å². The van der Waals surface area contributed by atoms with E-state index in [4.69, 9.17) is 23.2 Å². The van der Waals surface area contributed by atoms with Gasteiger partial charge < -0.3 is 5.32 Å². The first kappa shape index (κ1) is 15.5. The minimum absolute atomic E-state index is 0.264. The maximum Gasteiger partial charge on any atom is 0.328 e. The van der Waals surface area contributed by atoms with Gasteiger partial charge in [-0.3, -0.25) is 9.47 Å². The Bertz CT molecular complexity index is 720. The van der Waals surface area contributed by atoms with Gasteiger partial charge in [-0.1, -0.05) is 35.0 Å². The third-order valence-corrected chi connectivity index (χ3v) is 4.71. The molecule has 0 atom stereocenters. The number of halogens is 2. The molecule has 1 aliphatic heterocycles. The fourth-order valence-electron chi connectivity index (χ4n) is 2.27. The van der Waals surface area contributed by atoms with E-state index in [9.17, 15) is 4.79 Å². The van der Waals surface area contributed by atoms with Gasteiger partial charge in [0.25, 0.3) is 0 Å². The molecule has 22 heavy (non-hydrogen) atoms. The summed E-state index contributed by atoms with van der Waals surface area (Å²) in [6, 6.07) is 4.70. The van der Waals surface area contributed by atoms with Crippen molar-refractivity contribution < 1.29 is 4.79 Å². The average molecular weight is 358 g/mol. The van der Waals surface area contributed by atoms with Crippen LogP contribution in [0.4, 0.5) is 16.4 Å². The molecule has 0 radical (unpaired) electrons. The summed E-state index contributed by atoms with van der Waals surface area (Å²) >= 11 is 13.3. The van der Waals surface area contributed by atoms with E-state index in [1.54, 1.807) is 23.1 Å². The number of carbonyl (C=O) groups is 1. The number of nitrogens with zero attached hydrogens (tertiary/aromatic N) is 4. The quantitative estimate of drug-likeness (QED) is 0.831. The van der Waals surface area contributed by atoms with Crippen LogP contribution >= 0.6 is 35.0 Å². The molecule has 2 amide bonds. The number of nitrogens with one attached hydrogen (secondary N) is 1. The molecule has 0 saturated carbocycles. The molecule has 0 spiro atoms. The van der Waals surface area contributed by atoms with Crippen molar-refractivity contribution in [2.45, 2.75) is 18.1 Å². The second-order valence-corrected chi connectivity index (χ2v) is 6.29. The highest BCUT2D eigenvalue weighted by Gasteiger charge is 2.27. The molecule has 1 aliphatic rings. The van der Waals surface area contributed by atoms with Gasteiger partial charge in [-0.2, -0.15) is 0 Å². The van der Waals surface area contributed by atoms with E-state index in [-0.39, 0.29) is 6.03 Å². The topological polar surface area (TPSA) is 63.1 Å². The predicted molar refractivity (Wildman–Crippen MR) is 89.2 cm³/mol. The predicted octanol–water partition coefficient (Wildman–Crippen LogP) is 3.75. The fraction of sp³-hybridized carbons (Fsp3) is 0.308. The molecule has 0 saturated heterocycles. The lowest BCUT2D eigenvalue weighted by atomic mass is 10.3. The summed E-state index contributed by atoms with van der Waals surface area (Å²) in [5, 5.41) is 12.7. The maximum atomic E-state index is 12.5. The van der Waals surface area contributed by atoms with Crippen molar-refractivity contribution in [1.82, 2.24) is 14.8 Å². The molecule has 2 aromatic rings. The van der Waals surface area contributed by atoms with E-state index in [0.29, 0.717) is 28.2 Å². The Morgan fingerprint density at radius 1 is 1.27 bits per heavy atom. The highest BCUT2D eigenvalue weighted by molar-refractivity contribution is 7.98. The zero-order chi connectivity index (χ0) is 15.7. The van der Waals surface area contributed by atoms with Crippen LogP contribution in [0.5, 0.6) is 0 Å². The lowest BCUT2D eigenvalue weighted by Crippen LogP contribution is -2.40. The van der Waals surface area contributed by atoms with Gasteiger partial charge in [0.15, 0.2) is 5.16 Å². The standard InChI is InChI=1S/C13H13Cl2N5OS/c1-22-13-18-17-11-19(5-2-6-20(11)13)12(21)16-8-3-4-9(14)10(15)7-8/h3-4,7H,2,5-6H2,1H3,(H,16,21).